The Bertz CT molecular complexity index is 619. The fourth-order valence-electron chi connectivity index (χ4n) is 2.17. The predicted molar refractivity (Wildman–Crippen MR) is 82.0 cm³/mol. The van der Waals surface area contributed by atoms with Crippen LogP contribution in [0.5, 0.6) is 0 Å². The zero-order valence-corrected chi connectivity index (χ0v) is 13.3. The first-order valence-corrected chi connectivity index (χ1v) is 7.39. The van der Waals surface area contributed by atoms with Crippen LogP contribution in [0.15, 0.2) is 28.5 Å². The van der Waals surface area contributed by atoms with Gasteiger partial charge in [-0.1, -0.05) is 6.07 Å². The van der Waals surface area contributed by atoms with E-state index in [1.54, 1.807) is 11.3 Å². The van der Waals surface area contributed by atoms with E-state index in [0.29, 0.717) is 0 Å². The number of nitrogens with zero attached hydrogens (tertiary/aromatic N) is 2. The van der Waals surface area contributed by atoms with E-state index in [9.17, 15) is 4.79 Å². The molecule has 0 radical (unpaired) electrons. The van der Waals surface area contributed by atoms with Gasteiger partial charge in [-0.3, -0.25) is 9.13 Å². The monoisotopic (exact) mass is 278 g/mol. The third-order valence-electron chi connectivity index (χ3n) is 3.06. The summed E-state index contributed by atoms with van der Waals surface area (Å²) >= 11 is 1.67. The SMILES string of the molecule is CC(C)(C)n1cc(-c2cccs2)n(C(C)(C)C)c1=O. The number of hydrogen-bond donors (Lipinski definition) is 0. The van der Waals surface area contributed by atoms with Crippen LogP contribution in [0.1, 0.15) is 41.5 Å². The summed E-state index contributed by atoms with van der Waals surface area (Å²) in [5.74, 6) is 0. The van der Waals surface area contributed by atoms with Gasteiger partial charge in [0.2, 0.25) is 0 Å². The van der Waals surface area contributed by atoms with Gasteiger partial charge in [0.1, 0.15) is 0 Å². The lowest BCUT2D eigenvalue weighted by molar-refractivity contribution is 0.343. The lowest BCUT2D eigenvalue weighted by Gasteiger charge is -2.23. The maximum Gasteiger partial charge on any atom is 0.329 e. The fourth-order valence-corrected chi connectivity index (χ4v) is 2.90. The minimum absolute atomic E-state index is 0.0587. The molecular formula is C15H22N2OS. The quantitative estimate of drug-likeness (QED) is 0.777. The average Bonchev–Trinajstić information content (AvgIpc) is 2.79. The zero-order chi connectivity index (χ0) is 14.4. The molecule has 0 aliphatic heterocycles. The highest BCUT2D eigenvalue weighted by Crippen LogP contribution is 2.29. The molecule has 104 valence electrons. The lowest BCUT2D eigenvalue weighted by atomic mass is 10.1. The lowest BCUT2D eigenvalue weighted by Crippen LogP contribution is -2.39. The van der Waals surface area contributed by atoms with E-state index in [-0.39, 0.29) is 16.8 Å². The predicted octanol–water partition coefficient (Wildman–Crippen LogP) is 3.89. The van der Waals surface area contributed by atoms with E-state index in [1.807, 2.05) is 26.8 Å². The van der Waals surface area contributed by atoms with Gasteiger partial charge < -0.3 is 0 Å². The molecule has 0 amide bonds. The summed E-state index contributed by atoms with van der Waals surface area (Å²) in [7, 11) is 0. The van der Waals surface area contributed by atoms with Crippen molar-refractivity contribution in [2.75, 3.05) is 0 Å². The molecular weight excluding hydrogens is 256 g/mol. The Kier molecular flexibility index (Phi) is 3.25. The number of aromatic nitrogens is 2. The smallest absolute Gasteiger partial charge is 0.293 e. The van der Waals surface area contributed by atoms with E-state index in [1.165, 1.54) is 0 Å². The number of hydrogen-bond acceptors (Lipinski definition) is 2. The van der Waals surface area contributed by atoms with Crippen LogP contribution in [0.3, 0.4) is 0 Å². The van der Waals surface area contributed by atoms with Gasteiger partial charge in [0.05, 0.1) is 10.6 Å². The molecule has 0 saturated carbocycles. The maximum absolute atomic E-state index is 12.7. The fraction of sp³-hybridized carbons (Fsp3) is 0.533. The second-order valence-electron chi connectivity index (χ2n) is 6.82. The molecule has 0 saturated heterocycles. The molecule has 4 heteroatoms. The van der Waals surface area contributed by atoms with Crippen LogP contribution < -0.4 is 5.69 Å². The maximum atomic E-state index is 12.7. The zero-order valence-electron chi connectivity index (χ0n) is 12.5. The van der Waals surface area contributed by atoms with Gasteiger partial charge in [-0.2, -0.15) is 0 Å². The Morgan fingerprint density at radius 1 is 1.05 bits per heavy atom. The molecule has 19 heavy (non-hydrogen) atoms. The van der Waals surface area contributed by atoms with Crippen LogP contribution in [0.25, 0.3) is 10.6 Å². The molecule has 0 fully saturated rings. The highest BCUT2D eigenvalue weighted by Gasteiger charge is 2.27. The minimum atomic E-state index is -0.229. The highest BCUT2D eigenvalue weighted by atomic mass is 32.1. The van der Waals surface area contributed by atoms with Crippen LogP contribution in [-0.2, 0) is 11.1 Å². The summed E-state index contributed by atoms with van der Waals surface area (Å²) < 4.78 is 3.72. The number of rotatable bonds is 1. The normalized spacial score (nSPS) is 12.9. The Morgan fingerprint density at radius 3 is 2.11 bits per heavy atom. The van der Waals surface area contributed by atoms with Crippen LogP contribution in [0.4, 0.5) is 0 Å². The number of thiophene rings is 1. The average molecular weight is 278 g/mol. The molecule has 0 atom stereocenters. The minimum Gasteiger partial charge on any atom is -0.293 e. The van der Waals surface area contributed by atoms with Gasteiger partial charge in [-0.15, -0.1) is 11.3 Å². The van der Waals surface area contributed by atoms with Gasteiger partial charge >= 0.3 is 5.69 Å². The summed E-state index contributed by atoms with van der Waals surface area (Å²) in [4.78, 5) is 13.8. The molecule has 0 unspecified atom stereocenters. The van der Waals surface area contributed by atoms with Gasteiger partial charge in [-0.05, 0) is 53.0 Å². The van der Waals surface area contributed by atoms with E-state index in [2.05, 4.69) is 47.6 Å². The van der Waals surface area contributed by atoms with Crippen molar-refractivity contribution < 1.29 is 0 Å². The van der Waals surface area contributed by atoms with Crippen molar-refractivity contribution in [3.05, 3.63) is 34.2 Å². The molecule has 2 aromatic heterocycles. The molecule has 2 aromatic rings. The van der Waals surface area contributed by atoms with Crippen molar-refractivity contribution >= 4 is 11.3 Å². The van der Waals surface area contributed by atoms with Crippen molar-refractivity contribution in [1.82, 2.24) is 9.13 Å². The van der Waals surface area contributed by atoms with Crippen molar-refractivity contribution in [3.63, 3.8) is 0 Å². The van der Waals surface area contributed by atoms with Gasteiger partial charge in [0.15, 0.2) is 0 Å². The molecule has 0 aliphatic rings. The summed E-state index contributed by atoms with van der Waals surface area (Å²) in [6.07, 6.45) is 1.99. The van der Waals surface area contributed by atoms with E-state index in [0.717, 1.165) is 10.6 Å². The Labute approximate surface area is 118 Å². The Morgan fingerprint density at radius 2 is 1.68 bits per heavy atom. The Hall–Kier alpha value is -1.29. The molecule has 3 nitrogen and oxygen atoms in total. The first kappa shape index (κ1) is 14.1. The molecule has 2 heterocycles. The van der Waals surface area contributed by atoms with Crippen molar-refractivity contribution in [3.8, 4) is 10.6 Å². The van der Waals surface area contributed by atoms with Gasteiger partial charge in [0, 0.05) is 17.3 Å². The summed E-state index contributed by atoms with van der Waals surface area (Å²) in [6, 6.07) is 4.08. The molecule has 0 N–H and O–H groups in total. The standard InChI is InChI=1S/C15H22N2OS/c1-14(2,3)16-10-11(12-8-7-9-19-12)17(13(16)18)15(4,5)6/h7-10H,1-6H3. The third-order valence-corrected chi connectivity index (χ3v) is 3.95. The number of imidazole rings is 1. The van der Waals surface area contributed by atoms with Crippen molar-refractivity contribution in [1.29, 1.82) is 0 Å². The van der Waals surface area contributed by atoms with Crippen LogP contribution in [0.2, 0.25) is 0 Å². The molecule has 2 rings (SSSR count). The highest BCUT2D eigenvalue weighted by molar-refractivity contribution is 7.13. The topological polar surface area (TPSA) is 26.9 Å². The Balaban J connectivity index is 2.77. The van der Waals surface area contributed by atoms with E-state index in [4.69, 9.17) is 0 Å². The third kappa shape index (κ3) is 2.54. The van der Waals surface area contributed by atoms with Crippen molar-refractivity contribution in [2.24, 2.45) is 0 Å². The summed E-state index contributed by atoms with van der Waals surface area (Å²) in [5.41, 5.74) is 0.623. The van der Waals surface area contributed by atoms with Gasteiger partial charge in [0.25, 0.3) is 0 Å². The second-order valence-corrected chi connectivity index (χ2v) is 7.77. The van der Waals surface area contributed by atoms with E-state index >= 15 is 0 Å². The van der Waals surface area contributed by atoms with Crippen LogP contribution in [0, 0.1) is 0 Å². The molecule has 0 spiro atoms. The molecule has 0 aromatic carbocycles. The van der Waals surface area contributed by atoms with Crippen LogP contribution >= 0.6 is 11.3 Å². The van der Waals surface area contributed by atoms with E-state index < -0.39 is 0 Å². The largest absolute Gasteiger partial charge is 0.329 e. The van der Waals surface area contributed by atoms with Crippen molar-refractivity contribution in [2.45, 2.75) is 52.6 Å². The summed E-state index contributed by atoms with van der Waals surface area (Å²) in [6.45, 7) is 12.4. The van der Waals surface area contributed by atoms with Crippen LogP contribution in [-0.4, -0.2) is 9.13 Å². The van der Waals surface area contributed by atoms with Gasteiger partial charge in [-0.25, -0.2) is 4.79 Å². The second kappa shape index (κ2) is 4.37. The first-order valence-electron chi connectivity index (χ1n) is 6.51. The summed E-state index contributed by atoms with van der Waals surface area (Å²) in [5, 5.41) is 2.04. The molecule has 0 bridgehead atoms. The molecule has 0 aliphatic carbocycles. The first-order chi connectivity index (χ1) is 8.62.